The predicted octanol–water partition coefficient (Wildman–Crippen LogP) is 0.285. The summed E-state index contributed by atoms with van der Waals surface area (Å²) in [6, 6.07) is 0.431. The van der Waals surface area contributed by atoms with Crippen molar-refractivity contribution < 1.29 is 0 Å². The molecule has 2 atom stereocenters. The lowest BCUT2D eigenvalue weighted by Crippen LogP contribution is -2.28. The topological polar surface area (TPSA) is 29.3 Å². The maximum absolute atomic E-state index is 5.84. The minimum Gasteiger partial charge on any atom is -0.326 e. The molecular weight excluding hydrogens is 112 g/mol. The zero-order chi connectivity index (χ0) is 6.85. The Morgan fingerprint density at radius 2 is 2.22 bits per heavy atom. The quantitative estimate of drug-likeness (QED) is 0.550. The number of likely N-dealkylation sites (N-methyl/N-ethyl adjacent to an activating group) is 1. The molecule has 0 radical (unpaired) electrons. The Morgan fingerprint density at radius 3 is 2.44 bits per heavy atom. The third-order valence-electron chi connectivity index (χ3n) is 2.20. The van der Waals surface area contributed by atoms with E-state index in [4.69, 9.17) is 5.73 Å². The van der Waals surface area contributed by atoms with Crippen molar-refractivity contribution in [3.63, 3.8) is 0 Å². The van der Waals surface area contributed by atoms with Crippen molar-refractivity contribution in [1.82, 2.24) is 4.90 Å². The monoisotopic (exact) mass is 128 g/mol. The number of hydrogen-bond donors (Lipinski definition) is 1. The number of rotatable bonds is 1. The zero-order valence-electron chi connectivity index (χ0n) is 6.30. The lowest BCUT2D eigenvalue weighted by atomic mass is 10.0. The van der Waals surface area contributed by atoms with E-state index in [1.807, 2.05) is 0 Å². The van der Waals surface area contributed by atoms with Crippen LogP contribution in [0.5, 0.6) is 0 Å². The highest BCUT2D eigenvalue weighted by molar-refractivity contribution is 4.83. The molecule has 1 rings (SSSR count). The van der Waals surface area contributed by atoms with Crippen LogP contribution in [0.1, 0.15) is 13.3 Å². The fraction of sp³-hybridized carbons (Fsp3) is 1.00. The normalized spacial score (nSPS) is 37.7. The van der Waals surface area contributed by atoms with Gasteiger partial charge in [-0.3, -0.25) is 0 Å². The zero-order valence-corrected chi connectivity index (χ0v) is 6.30. The van der Waals surface area contributed by atoms with E-state index in [1.165, 1.54) is 13.0 Å². The second kappa shape index (κ2) is 2.67. The third-order valence-corrected chi connectivity index (χ3v) is 2.20. The molecule has 0 amide bonds. The van der Waals surface area contributed by atoms with Crippen LogP contribution in [-0.2, 0) is 0 Å². The van der Waals surface area contributed by atoms with E-state index < -0.39 is 0 Å². The van der Waals surface area contributed by atoms with E-state index in [9.17, 15) is 0 Å². The molecule has 1 aliphatic rings. The van der Waals surface area contributed by atoms with E-state index in [1.54, 1.807) is 0 Å². The van der Waals surface area contributed by atoms with Crippen molar-refractivity contribution in [2.45, 2.75) is 19.4 Å². The Morgan fingerprint density at radius 1 is 1.56 bits per heavy atom. The summed E-state index contributed by atoms with van der Waals surface area (Å²) < 4.78 is 0. The predicted molar refractivity (Wildman–Crippen MR) is 39.3 cm³/mol. The Kier molecular flexibility index (Phi) is 2.09. The number of nitrogens with two attached hydrogens (primary N) is 1. The van der Waals surface area contributed by atoms with Gasteiger partial charge in [0.2, 0.25) is 0 Å². The molecule has 2 heteroatoms. The first-order chi connectivity index (χ1) is 4.24. The van der Waals surface area contributed by atoms with E-state index in [0.717, 1.165) is 12.5 Å². The van der Waals surface area contributed by atoms with Gasteiger partial charge in [0.05, 0.1) is 0 Å². The SMILES string of the molecule is CC[C@H]1CN(C)C[C@H]1N. The molecule has 9 heavy (non-hydrogen) atoms. The average Bonchev–Trinajstić information content (AvgIpc) is 2.10. The molecule has 1 heterocycles. The second-order valence-corrected chi connectivity index (χ2v) is 3.05. The molecule has 0 spiro atoms. The third kappa shape index (κ3) is 1.43. The molecule has 0 aromatic rings. The van der Waals surface area contributed by atoms with Crippen molar-refractivity contribution in [1.29, 1.82) is 0 Å². The molecule has 0 aliphatic carbocycles. The minimum absolute atomic E-state index is 0.431. The fourth-order valence-corrected chi connectivity index (χ4v) is 1.55. The highest BCUT2D eigenvalue weighted by Gasteiger charge is 2.25. The maximum atomic E-state index is 5.84. The van der Waals surface area contributed by atoms with Gasteiger partial charge in [-0.25, -0.2) is 0 Å². The van der Waals surface area contributed by atoms with Crippen LogP contribution in [0.15, 0.2) is 0 Å². The Bertz CT molecular complexity index is 92.9. The molecular formula is C7H16N2. The van der Waals surface area contributed by atoms with Gasteiger partial charge in [0.25, 0.3) is 0 Å². The largest absolute Gasteiger partial charge is 0.326 e. The Hall–Kier alpha value is -0.0800. The van der Waals surface area contributed by atoms with Gasteiger partial charge < -0.3 is 10.6 Å². The van der Waals surface area contributed by atoms with Gasteiger partial charge in [0.15, 0.2) is 0 Å². The van der Waals surface area contributed by atoms with Gasteiger partial charge in [0.1, 0.15) is 0 Å². The molecule has 2 nitrogen and oxygen atoms in total. The number of likely N-dealkylation sites (tertiary alicyclic amines) is 1. The van der Waals surface area contributed by atoms with Crippen LogP contribution in [0.2, 0.25) is 0 Å². The summed E-state index contributed by atoms with van der Waals surface area (Å²) in [6.07, 6.45) is 1.23. The number of nitrogens with zero attached hydrogens (tertiary/aromatic N) is 1. The summed E-state index contributed by atoms with van der Waals surface area (Å²) in [5, 5.41) is 0. The lowest BCUT2D eigenvalue weighted by molar-refractivity contribution is 0.392. The molecule has 1 fully saturated rings. The molecule has 1 aliphatic heterocycles. The van der Waals surface area contributed by atoms with Gasteiger partial charge >= 0.3 is 0 Å². The van der Waals surface area contributed by atoms with Crippen molar-refractivity contribution >= 4 is 0 Å². The molecule has 2 N–H and O–H groups in total. The van der Waals surface area contributed by atoms with Gasteiger partial charge in [-0.15, -0.1) is 0 Å². The lowest BCUT2D eigenvalue weighted by Gasteiger charge is -2.09. The summed E-state index contributed by atoms with van der Waals surface area (Å²) in [6.45, 7) is 4.49. The summed E-state index contributed by atoms with van der Waals surface area (Å²) in [7, 11) is 2.13. The molecule has 0 unspecified atom stereocenters. The van der Waals surface area contributed by atoms with Crippen LogP contribution in [0.4, 0.5) is 0 Å². The smallest absolute Gasteiger partial charge is 0.0208 e. The highest BCUT2D eigenvalue weighted by Crippen LogP contribution is 2.15. The molecule has 1 saturated heterocycles. The van der Waals surface area contributed by atoms with Crippen molar-refractivity contribution in [2.24, 2.45) is 11.7 Å². The summed E-state index contributed by atoms with van der Waals surface area (Å²) in [5.74, 6) is 0.745. The van der Waals surface area contributed by atoms with Crippen molar-refractivity contribution in [3.05, 3.63) is 0 Å². The maximum Gasteiger partial charge on any atom is 0.0208 e. The molecule has 0 saturated carbocycles. The first kappa shape index (κ1) is 7.03. The van der Waals surface area contributed by atoms with Crippen molar-refractivity contribution in [2.75, 3.05) is 20.1 Å². The van der Waals surface area contributed by atoms with E-state index in [2.05, 4.69) is 18.9 Å². The van der Waals surface area contributed by atoms with Gasteiger partial charge in [-0.1, -0.05) is 13.3 Å². The second-order valence-electron chi connectivity index (χ2n) is 3.05. The Labute approximate surface area is 57.0 Å². The van der Waals surface area contributed by atoms with Crippen LogP contribution >= 0.6 is 0 Å². The summed E-state index contributed by atoms with van der Waals surface area (Å²) in [4.78, 5) is 2.30. The van der Waals surface area contributed by atoms with Crippen LogP contribution < -0.4 is 5.73 Å². The molecule has 0 aromatic carbocycles. The summed E-state index contributed by atoms with van der Waals surface area (Å²) in [5.41, 5.74) is 5.84. The van der Waals surface area contributed by atoms with E-state index >= 15 is 0 Å². The van der Waals surface area contributed by atoms with Crippen molar-refractivity contribution in [3.8, 4) is 0 Å². The fourth-order valence-electron chi connectivity index (χ4n) is 1.55. The molecule has 54 valence electrons. The first-order valence-electron chi connectivity index (χ1n) is 3.68. The van der Waals surface area contributed by atoms with Gasteiger partial charge in [0, 0.05) is 19.1 Å². The van der Waals surface area contributed by atoms with Crippen LogP contribution in [-0.4, -0.2) is 31.1 Å². The van der Waals surface area contributed by atoms with E-state index in [0.29, 0.717) is 6.04 Å². The molecule has 0 bridgehead atoms. The first-order valence-corrected chi connectivity index (χ1v) is 3.68. The average molecular weight is 128 g/mol. The minimum atomic E-state index is 0.431. The van der Waals surface area contributed by atoms with E-state index in [-0.39, 0.29) is 0 Å². The van der Waals surface area contributed by atoms with Crippen LogP contribution in [0.3, 0.4) is 0 Å². The Balaban J connectivity index is 2.38. The molecule has 0 aromatic heterocycles. The highest BCUT2D eigenvalue weighted by atomic mass is 15.1. The van der Waals surface area contributed by atoms with Crippen LogP contribution in [0.25, 0.3) is 0 Å². The van der Waals surface area contributed by atoms with Crippen LogP contribution in [0, 0.1) is 5.92 Å². The van der Waals surface area contributed by atoms with Gasteiger partial charge in [-0.2, -0.15) is 0 Å². The number of hydrogen-bond acceptors (Lipinski definition) is 2. The standard InChI is InChI=1S/C7H16N2/c1-3-6-4-9(2)5-7(6)8/h6-7H,3-5,8H2,1-2H3/t6-,7+/m0/s1. The van der Waals surface area contributed by atoms with Gasteiger partial charge in [-0.05, 0) is 13.0 Å². The summed E-state index contributed by atoms with van der Waals surface area (Å²) >= 11 is 0.